The molecule has 1 aliphatic heterocycles. The number of ether oxygens (including phenoxy) is 3. The molecule has 280 valence electrons. The third-order valence-corrected chi connectivity index (χ3v) is 10.3. The number of aryl methyl sites for hydroxylation is 2. The second kappa shape index (κ2) is 22.0. The van der Waals surface area contributed by atoms with Gasteiger partial charge in [-0.2, -0.15) is 0 Å². The number of hydrogen-bond acceptors (Lipinski definition) is 6. The van der Waals surface area contributed by atoms with Crippen molar-refractivity contribution in [1.82, 2.24) is 10.6 Å². The van der Waals surface area contributed by atoms with Crippen LogP contribution in [-0.2, 0) is 27.1 Å². The van der Waals surface area contributed by atoms with Gasteiger partial charge < -0.3 is 19.5 Å². The Bertz CT molecular complexity index is 1270. The average Bonchev–Trinajstić information content (AvgIpc) is 3.08. The number of benzene rings is 2. The second-order valence-electron chi connectivity index (χ2n) is 15.4. The minimum absolute atomic E-state index is 0.218. The van der Waals surface area contributed by atoms with Gasteiger partial charge in [-0.05, 0) is 95.5 Å². The summed E-state index contributed by atoms with van der Waals surface area (Å²) in [5, 5.41) is 6.59. The van der Waals surface area contributed by atoms with Gasteiger partial charge in [0, 0.05) is 5.92 Å². The van der Waals surface area contributed by atoms with Crippen LogP contribution in [0.15, 0.2) is 48.5 Å². The van der Waals surface area contributed by atoms with Gasteiger partial charge in [-0.25, -0.2) is 4.79 Å². The van der Waals surface area contributed by atoms with Gasteiger partial charge >= 0.3 is 12.1 Å². The number of amides is 1. The van der Waals surface area contributed by atoms with Crippen LogP contribution in [0, 0.1) is 18.3 Å². The molecule has 0 saturated carbocycles. The quantitative estimate of drug-likeness (QED) is 0.0944. The summed E-state index contributed by atoms with van der Waals surface area (Å²) in [6.45, 7) is 11.2. The lowest BCUT2D eigenvalue weighted by molar-refractivity contribution is -0.161. The zero-order valence-corrected chi connectivity index (χ0v) is 32.2. The lowest BCUT2D eigenvalue weighted by Crippen LogP contribution is -2.63. The van der Waals surface area contributed by atoms with Crippen LogP contribution >= 0.6 is 0 Å². The van der Waals surface area contributed by atoms with Crippen molar-refractivity contribution >= 4 is 12.1 Å². The third kappa shape index (κ3) is 13.9. The Balaban J connectivity index is 1.61. The van der Waals surface area contributed by atoms with E-state index in [1.54, 1.807) is 0 Å². The number of carbonyl (C=O) groups is 2. The zero-order chi connectivity index (χ0) is 36.2. The number of methoxy groups -OCH3 is 1. The van der Waals surface area contributed by atoms with Crippen LogP contribution in [0.3, 0.4) is 0 Å². The van der Waals surface area contributed by atoms with E-state index in [0.717, 1.165) is 42.7 Å². The Labute approximate surface area is 304 Å². The number of alkyl carbamates (subject to hydrolysis) is 1. The molecule has 1 saturated heterocycles. The number of unbranched alkanes of at least 4 members (excludes halogenated alkanes) is 11. The Morgan fingerprint density at radius 2 is 1.44 bits per heavy atom. The molecule has 3 rings (SSSR count). The van der Waals surface area contributed by atoms with Crippen molar-refractivity contribution in [2.75, 3.05) is 20.3 Å². The highest BCUT2D eigenvalue weighted by Crippen LogP contribution is 2.44. The molecule has 0 aromatic heterocycles. The smallest absolute Gasteiger partial charge is 0.408 e. The summed E-state index contributed by atoms with van der Waals surface area (Å²) < 4.78 is 17.5. The predicted octanol–water partition coefficient (Wildman–Crippen LogP) is 10.3. The Morgan fingerprint density at radius 3 is 2.06 bits per heavy atom. The molecule has 2 aromatic carbocycles. The molecule has 1 aliphatic rings. The van der Waals surface area contributed by atoms with Gasteiger partial charge in [-0.1, -0.05) is 120 Å². The molecule has 7 heteroatoms. The van der Waals surface area contributed by atoms with Gasteiger partial charge in [0.2, 0.25) is 0 Å². The highest BCUT2D eigenvalue weighted by molar-refractivity contribution is 5.78. The molecule has 2 aromatic rings. The lowest BCUT2D eigenvalue weighted by Gasteiger charge is -2.47. The fourth-order valence-corrected chi connectivity index (χ4v) is 7.51. The minimum atomic E-state index is -0.809. The van der Waals surface area contributed by atoms with Crippen LogP contribution in [0.1, 0.15) is 141 Å². The normalized spacial score (nSPS) is 19.2. The SMILES string of the molecule is CCCCCCCCCCCCCCOc1ccccc1CCCC1[C@@H](NC(=O)OC(C)(C)C)NCC[C@]1(Cc1ccccc1C)C(=O)OC. The first-order chi connectivity index (χ1) is 24.1. The van der Waals surface area contributed by atoms with E-state index < -0.39 is 23.3 Å². The number of hydrogen-bond donors (Lipinski definition) is 2. The molecule has 2 N–H and O–H groups in total. The summed E-state index contributed by atoms with van der Waals surface area (Å²) in [5.41, 5.74) is 2.00. The fourth-order valence-electron chi connectivity index (χ4n) is 7.51. The van der Waals surface area contributed by atoms with Gasteiger partial charge in [-0.3, -0.25) is 10.1 Å². The summed E-state index contributed by atoms with van der Waals surface area (Å²) in [6, 6.07) is 16.5. The van der Waals surface area contributed by atoms with Gasteiger partial charge in [0.05, 0.1) is 25.3 Å². The summed E-state index contributed by atoms with van der Waals surface area (Å²) in [6.07, 6.45) is 18.4. The van der Waals surface area contributed by atoms with Crippen molar-refractivity contribution in [3.05, 3.63) is 65.2 Å². The molecule has 7 nitrogen and oxygen atoms in total. The van der Waals surface area contributed by atoms with Gasteiger partial charge in [0.25, 0.3) is 0 Å². The summed E-state index contributed by atoms with van der Waals surface area (Å²) in [5.74, 6) is 0.499. The molecule has 0 bridgehead atoms. The second-order valence-corrected chi connectivity index (χ2v) is 15.4. The van der Waals surface area contributed by atoms with E-state index >= 15 is 0 Å². The van der Waals surface area contributed by atoms with Crippen molar-refractivity contribution in [3.63, 3.8) is 0 Å². The molecule has 0 radical (unpaired) electrons. The van der Waals surface area contributed by atoms with Crippen molar-refractivity contribution in [2.45, 2.75) is 156 Å². The third-order valence-electron chi connectivity index (χ3n) is 10.3. The van der Waals surface area contributed by atoms with Gasteiger partial charge in [-0.15, -0.1) is 0 Å². The number of carbonyl (C=O) groups excluding carboxylic acids is 2. The molecular formula is C43H68N2O5. The first-order valence-electron chi connectivity index (χ1n) is 19.7. The van der Waals surface area contributed by atoms with Gasteiger partial charge in [0.1, 0.15) is 11.4 Å². The number of esters is 1. The predicted molar refractivity (Wildman–Crippen MR) is 205 cm³/mol. The van der Waals surface area contributed by atoms with Crippen LogP contribution in [-0.4, -0.2) is 44.1 Å². The van der Waals surface area contributed by atoms with E-state index in [9.17, 15) is 9.59 Å². The van der Waals surface area contributed by atoms with Crippen LogP contribution < -0.4 is 15.4 Å². The molecule has 1 heterocycles. The maximum absolute atomic E-state index is 13.9. The van der Waals surface area contributed by atoms with E-state index in [-0.39, 0.29) is 11.9 Å². The number of para-hydroxylation sites is 1. The maximum atomic E-state index is 13.9. The van der Waals surface area contributed by atoms with E-state index in [4.69, 9.17) is 14.2 Å². The Hall–Kier alpha value is -3.06. The maximum Gasteiger partial charge on any atom is 0.408 e. The van der Waals surface area contributed by atoms with Crippen LogP contribution in [0.5, 0.6) is 5.75 Å². The first-order valence-corrected chi connectivity index (χ1v) is 19.7. The fraction of sp³-hybridized carbons (Fsp3) is 0.674. The summed E-state index contributed by atoms with van der Waals surface area (Å²) in [4.78, 5) is 26.9. The zero-order valence-electron chi connectivity index (χ0n) is 32.2. The van der Waals surface area contributed by atoms with Crippen molar-refractivity contribution in [1.29, 1.82) is 0 Å². The summed E-state index contributed by atoms with van der Waals surface area (Å²) >= 11 is 0. The van der Waals surface area contributed by atoms with Crippen molar-refractivity contribution in [3.8, 4) is 5.75 Å². The van der Waals surface area contributed by atoms with Crippen molar-refractivity contribution < 1.29 is 23.8 Å². The van der Waals surface area contributed by atoms with E-state index in [1.165, 1.54) is 83.3 Å². The average molecular weight is 693 g/mol. The lowest BCUT2D eigenvalue weighted by atomic mass is 9.63. The standard InChI is InChI=1S/C43H68N2O5/c1-7-8-9-10-11-12-13-14-15-16-17-22-32-49-38-29-21-20-25-35(38)27-23-28-37-39(45-41(47)50-42(3,4)5)44-31-30-43(37,40(46)48-6)33-36-26-19-18-24-34(36)2/h18-21,24-26,29,37,39,44H,7-17,22-23,27-28,30-33H2,1-6H3,(H,45,47)/t37?,39-,43-/m1/s1. The molecule has 0 spiro atoms. The molecule has 1 unspecified atom stereocenters. The Kier molecular flexibility index (Phi) is 18.2. The number of nitrogens with one attached hydrogen (secondary N) is 2. The van der Waals surface area contributed by atoms with E-state index in [2.05, 4.69) is 54.8 Å². The van der Waals surface area contributed by atoms with Crippen LogP contribution in [0.25, 0.3) is 0 Å². The van der Waals surface area contributed by atoms with Crippen molar-refractivity contribution in [2.24, 2.45) is 11.3 Å². The van der Waals surface area contributed by atoms with Crippen LogP contribution in [0.2, 0.25) is 0 Å². The largest absolute Gasteiger partial charge is 0.493 e. The highest BCUT2D eigenvalue weighted by Gasteiger charge is 2.52. The van der Waals surface area contributed by atoms with Crippen LogP contribution in [0.4, 0.5) is 4.79 Å². The molecule has 1 amide bonds. The molecule has 50 heavy (non-hydrogen) atoms. The number of piperidine rings is 1. The molecule has 0 aliphatic carbocycles. The molecule has 1 fully saturated rings. The monoisotopic (exact) mass is 693 g/mol. The van der Waals surface area contributed by atoms with Gasteiger partial charge in [0.15, 0.2) is 0 Å². The highest BCUT2D eigenvalue weighted by atomic mass is 16.6. The number of rotatable bonds is 22. The Morgan fingerprint density at radius 1 is 0.840 bits per heavy atom. The van der Waals surface area contributed by atoms with E-state index in [1.807, 2.05) is 39.0 Å². The molecule has 3 atom stereocenters. The minimum Gasteiger partial charge on any atom is -0.493 e. The topological polar surface area (TPSA) is 85.9 Å². The van der Waals surface area contributed by atoms with E-state index in [0.29, 0.717) is 25.8 Å². The molecular weight excluding hydrogens is 624 g/mol. The first kappa shape index (κ1) is 41.4. The summed E-state index contributed by atoms with van der Waals surface area (Å²) in [7, 11) is 1.47.